The van der Waals surface area contributed by atoms with Gasteiger partial charge in [-0.2, -0.15) is 0 Å². The van der Waals surface area contributed by atoms with E-state index < -0.39 is 19.2 Å². The van der Waals surface area contributed by atoms with Crippen LogP contribution in [0.2, 0.25) is 0 Å². The average molecular weight is 545 g/mol. The van der Waals surface area contributed by atoms with Crippen molar-refractivity contribution >= 4 is 35.9 Å². The minimum atomic E-state index is -3.50. The van der Waals surface area contributed by atoms with Gasteiger partial charge in [-0.15, -0.1) is 0 Å². The molecule has 206 valence electrons. The van der Waals surface area contributed by atoms with Gasteiger partial charge in [0.25, 0.3) is 0 Å². The average Bonchev–Trinajstić information content (AvgIpc) is 3.18. The Labute approximate surface area is 223 Å². The largest absolute Gasteiger partial charge is 0.479 e. The number of ketones is 1. The van der Waals surface area contributed by atoms with E-state index in [0.29, 0.717) is 34.4 Å². The van der Waals surface area contributed by atoms with Crippen LogP contribution in [0.3, 0.4) is 0 Å². The minimum absolute atomic E-state index is 0.0896. The molecule has 0 spiro atoms. The zero-order valence-corrected chi connectivity index (χ0v) is 23.8. The molecule has 1 N–H and O–H groups in total. The number of ether oxygens (including phenoxy) is 2. The summed E-state index contributed by atoms with van der Waals surface area (Å²) in [6.45, 7) is 11.2. The van der Waals surface area contributed by atoms with Gasteiger partial charge in [-0.1, -0.05) is 30.3 Å². The summed E-state index contributed by atoms with van der Waals surface area (Å²) >= 11 is 0. The fourth-order valence-corrected chi connectivity index (χ4v) is 5.25. The van der Waals surface area contributed by atoms with Crippen LogP contribution in [0.1, 0.15) is 57.5 Å². The van der Waals surface area contributed by atoms with E-state index in [1.54, 1.807) is 51.4 Å². The molecule has 0 fully saturated rings. The van der Waals surface area contributed by atoms with Gasteiger partial charge in [0.05, 0.1) is 24.4 Å². The fourth-order valence-electron chi connectivity index (χ4n) is 3.95. The number of fused-ring (bicyclic) bond motifs is 1. The number of nitrogens with zero attached hydrogens (tertiary/aromatic N) is 1. The molecule has 0 aliphatic rings. The fraction of sp³-hybridized carbons (Fsp3) is 0.429. The molecule has 0 aliphatic carbocycles. The second-order valence-corrected chi connectivity index (χ2v) is 11.7. The maximum Gasteiger partial charge on any atom is 0.367 e. The van der Waals surface area contributed by atoms with Crippen LogP contribution in [0.25, 0.3) is 10.9 Å². The molecule has 0 atom stereocenters. The number of carbonyl (C=O) groups is 2. The van der Waals surface area contributed by atoms with Crippen molar-refractivity contribution in [3.05, 3.63) is 59.8 Å². The zero-order valence-electron chi connectivity index (χ0n) is 22.9. The van der Waals surface area contributed by atoms with E-state index in [4.69, 9.17) is 18.5 Å². The maximum absolute atomic E-state index is 13.1. The summed E-state index contributed by atoms with van der Waals surface area (Å²) < 4.78 is 37.0. The number of Topliss-reactive ketones (excluding diaryl/α,β-unsaturated/α-hetero) is 1. The quantitative estimate of drug-likeness (QED) is 0.150. The van der Waals surface area contributed by atoms with Crippen LogP contribution in [-0.2, 0) is 36.2 Å². The van der Waals surface area contributed by atoms with Gasteiger partial charge in [-0.3, -0.25) is 14.2 Å². The summed E-state index contributed by atoms with van der Waals surface area (Å²) in [4.78, 5) is 25.1. The Morgan fingerprint density at radius 2 is 1.68 bits per heavy atom. The van der Waals surface area contributed by atoms with Gasteiger partial charge in [0.2, 0.25) is 0 Å². The zero-order chi connectivity index (χ0) is 27.9. The van der Waals surface area contributed by atoms with E-state index in [-0.39, 0.29) is 31.9 Å². The van der Waals surface area contributed by atoms with Crippen LogP contribution in [0.4, 0.5) is 5.69 Å². The minimum Gasteiger partial charge on any atom is -0.479 e. The van der Waals surface area contributed by atoms with Gasteiger partial charge in [0, 0.05) is 29.8 Å². The Balaban J connectivity index is 2.05. The Kier molecular flexibility index (Phi) is 9.77. The number of esters is 1. The van der Waals surface area contributed by atoms with Crippen LogP contribution in [-0.4, -0.2) is 41.5 Å². The molecule has 9 nitrogen and oxygen atoms in total. The smallest absolute Gasteiger partial charge is 0.367 e. The standard InChI is InChI=1S/C28H37N2O7P/c1-7-35-38(33,36-8-2)19-34-26-15-25-22(14-24(26)29-16-21-12-10-9-11-13-21)23(20(3)31)17-30(25)18-27(32)37-28(4,5)6/h9-15,17,29H,7-8,16,18-19H2,1-6H3. The summed E-state index contributed by atoms with van der Waals surface area (Å²) in [7, 11) is -3.50. The van der Waals surface area contributed by atoms with Gasteiger partial charge < -0.3 is 28.4 Å². The Morgan fingerprint density at radius 1 is 1.03 bits per heavy atom. The molecule has 0 saturated heterocycles. The number of carbonyl (C=O) groups excluding carboxylic acids is 2. The topological polar surface area (TPSA) is 105 Å². The summed E-state index contributed by atoms with van der Waals surface area (Å²) in [6.07, 6.45) is 1.35. The van der Waals surface area contributed by atoms with Crippen molar-refractivity contribution < 1.29 is 32.7 Å². The molecule has 0 amide bonds. The van der Waals surface area contributed by atoms with Gasteiger partial charge in [0.15, 0.2) is 12.1 Å². The third-order valence-corrected chi connectivity index (χ3v) is 7.19. The lowest BCUT2D eigenvalue weighted by atomic mass is 10.1. The molecule has 1 aromatic heterocycles. The van der Waals surface area contributed by atoms with Crippen LogP contribution >= 0.6 is 7.60 Å². The molecule has 3 rings (SSSR count). The molecule has 0 bridgehead atoms. The molecule has 0 saturated carbocycles. The lowest BCUT2D eigenvalue weighted by Gasteiger charge is -2.20. The third-order valence-electron chi connectivity index (χ3n) is 5.44. The van der Waals surface area contributed by atoms with Crippen molar-refractivity contribution in [3.8, 4) is 5.75 Å². The predicted molar refractivity (Wildman–Crippen MR) is 148 cm³/mol. The van der Waals surface area contributed by atoms with Crippen molar-refractivity contribution in [1.29, 1.82) is 0 Å². The highest BCUT2D eigenvalue weighted by Crippen LogP contribution is 2.48. The number of hydrogen-bond acceptors (Lipinski definition) is 8. The van der Waals surface area contributed by atoms with E-state index in [2.05, 4.69) is 5.32 Å². The van der Waals surface area contributed by atoms with Gasteiger partial charge in [0.1, 0.15) is 17.9 Å². The third kappa shape index (κ3) is 7.93. The van der Waals surface area contributed by atoms with Crippen LogP contribution in [0, 0.1) is 0 Å². The molecular weight excluding hydrogens is 507 g/mol. The number of benzene rings is 2. The van der Waals surface area contributed by atoms with Gasteiger partial charge >= 0.3 is 13.6 Å². The molecular formula is C28H37N2O7P. The number of anilines is 1. The van der Waals surface area contributed by atoms with E-state index in [0.717, 1.165) is 5.56 Å². The molecule has 0 aliphatic heterocycles. The molecule has 0 radical (unpaired) electrons. The van der Waals surface area contributed by atoms with Crippen molar-refractivity contribution in [2.24, 2.45) is 0 Å². The van der Waals surface area contributed by atoms with Crippen LogP contribution < -0.4 is 10.1 Å². The molecule has 0 unspecified atom stereocenters. The second kappa shape index (κ2) is 12.6. The normalized spacial score (nSPS) is 11.9. The van der Waals surface area contributed by atoms with Gasteiger partial charge in [-0.25, -0.2) is 0 Å². The first kappa shape index (κ1) is 29.4. The first-order valence-corrected chi connectivity index (χ1v) is 14.4. The van der Waals surface area contributed by atoms with E-state index >= 15 is 0 Å². The highest BCUT2D eigenvalue weighted by Gasteiger charge is 2.26. The number of hydrogen-bond donors (Lipinski definition) is 1. The second-order valence-electron chi connectivity index (χ2n) is 9.74. The Bertz CT molecular complexity index is 1300. The van der Waals surface area contributed by atoms with E-state index in [9.17, 15) is 14.2 Å². The highest BCUT2D eigenvalue weighted by molar-refractivity contribution is 7.53. The molecule has 3 aromatic rings. The summed E-state index contributed by atoms with van der Waals surface area (Å²) in [5, 5.41) is 4.02. The summed E-state index contributed by atoms with van der Waals surface area (Å²) in [6, 6.07) is 13.3. The van der Waals surface area contributed by atoms with Crippen LogP contribution in [0.15, 0.2) is 48.7 Å². The number of aromatic nitrogens is 1. The summed E-state index contributed by atoms with van der Waals surface area (Å²) in [5.74, 6) is -0.194. The van der Waals surface area contributed by atoms with Crippen molar-refractivity contribution in [3.63, 3.8) is 0 Å². The highest BCUT2D eigenvalue weighted by atomic mass is 31.2. The van der Waals surface area contributed by atoms with Crippen LogP contribution in [0.5, 0.6) is 5.75 Å². The predicted octanol–water partition coefficient (Wildman–Crippen LogP) is 6.40. The maximum atomic E-state index is 13.1. The SMILES string of the molecule is CCOP(=O)(COc1cc2c(cc1NCc1ccccc1)c(C(C)=O)cn2CC(=O)OC(C)(C)C)OCC. The first-order valence-electron chi connectivity index (χ1n) is 12.6. The lowest BCUT2D eigenvalue weighted by molar-refractivity contribution is -0.155. The molecule has 38 heavy (non-hydrogen) atoms. The van der Waals surface area contributed by atoms with E-state index in [1.165, 1.54) is 6.92 Å². The van der Waals surface area contributed by atoms with Crippen molar-refractivity contribution in [2.75, 3.05) is 24.9 Å². The monoisotopic (exact) mass is 544 g/mol. The van der Waals surface area contributed by atoms with Crippen molar-refractivity contribution in [2.45, 2.75) is 60.2 Å². The first-order chi connectivity index (χ1) is 17.9. The molecule has 10 heteroatoms. The molecule has 2 aromatic carbocycles. The van der Waals surface area contributed by atoms with Gasteiger partial charge in [-0.05, 0) is 53.2 Å². The lowest BCUT2D eigenvalue weighted by Crippen LogP contribution is -2.26. The molecule has 1 heterocycles. The van der Waals surface area contributed by atoms with Crippen molar-refractivity contribution in [1.82, 2.24) is 4.57 Å². The Hall–Kier alpha value is -3.13. The number of nitrogens with one attached hydrogen (secondary N) is 1. The Morgan fingerprint density at radius 3 is 2.26 bits per heavy atom. The number of rotatable bonds is 13. The van der Waals surface area contributed by atoms with E-state index in [1.807, 2.05) is 36.4 Å². The summed E-state index contributed by atoms with van der Waals surface area (Å²) in [5.41, 5.74) is 2.06.